The highest BCUT2D eigenvalue weighted by molar-refractivity contribution is 8.00. The smallest absolute Gasteiger partial charge is 0.316 e. The van der Waals surface area contributed by atoms with Crippen molar-refractivity contribution in [2.45, 2.75) is 17.2 Å². The van der Waals surface area contributed by atoms with Gasteiger partial charge in [0.25, 0.3) is 0 Å². The topological polar surface area (TPSA) is 70.4 Å². The van der Waals surface area contributed by atoms with Crippen molar-refractivity contribution < 1.29 is 15.0 Å². The van der Waals surface area contributed by atoms with Crippen molar-refractivity contribution in [1.82, 2.24) is 4.98 Å². The molecule has 0 saturated heterocycles. The van der Waals surface area contributed by atoms with Crippen molar-refractivity contribution in [2.75, 3.05) is 0 Å². The Kier molecular flexibility index (Phi) is 3.13. The molecule has 5 heteroatoms. The number of thioether (sulfide) groups is 1. The summed E-state index contributed by atoms with van der Waals surface area (Å²) in [6.45, 7) is 1.54. The lowest BCUT2D eigenvalue weighted by Gasteiger charge is -2.05. The molecule has 0 aromatic carbocycles. The summed E-state index contributed by atoms with van der Waals surface area (Å²) in [5.74, 6) is -0.907. The van der Waals surface area contributed by atoms with Crippen LogP contribution in [0.3, 0.4) is 0 Å². The van der Waals surface area contributed by atoms with E-state index in [4.69, 9.17) is 5.11 Å². The van der Waals surface area contributed by atoms with Gasteiger partial charge in [-0.3, -0.25) is 4.79 Å². The molecule has 1 aromatic heterocycles. The normalized spacial score (nSPS) is 12.4. The fourth-order valence-electron chi connectivity index (χ4n) is 0.691. The number of hydrogen-bond acceptors (Lipinski definition) is 4. The van der Waals surface area contributed by atoms with Gasteiger partial charge in [0.1, 0.15) is 16.0 Å². The number of aliphatic carboxylic acids is 1. The Morgan fingerprint density at radius 2 is 2.38 bits per heavy atom. The number of carboxylic acid groups (broad SMARTS) is 1. The highest BCUT2D eigenvalue weighted by atomic mass is 32.2. The first kappa shape index (κ1) is 9.85. The van der Waals surface area contributed by atoms with Gasteiger partial charge in [-0.2, -0.15) is 0 Å². The highest BCUT2D eigenvalue weighted by Crippen LogP contribution is 2.28. The molecule has 0 spiro atoms. The lowest BCUT2D eigenvalue weighted by atomic mass is 10.5. The van der Waals surface area contributed by atoms with Crippen molar-refractivity contribution >= 4 is 17.7 Å². The van der Waals surface area contributed by atoms with Gasteiger partial charge in [0.15, 0.2) is 0 Å². The van der Waals surface area contributed by atoms with Crippen LogP contribution >= 0.6 is 11.8 Å². The lowest BCUT2D eigenvalue weighted by Crippen LogP contribution is -2.11. The molecule has 0 saturated carbocycles. The molecule has 0 bridgehead atoms. The van der Waals surface area contributed by atoms with E-state index in [-0.39, 0.29) is 5.75 Å². The van der Waals surface area contributed by atoms with Crippen LogP contribution in [0, 0.1) is 0 Å². The molecule has 1 rings (SSSR count). The van der Waals surface area contributed by atoms with Crippen LogP contribution in [0.1, 0.15) is 6.92 Å². The van der Waals surface area contributed by atoms with Crippen molar-refractivity contribution in [3.8, 4) is 5.75 Å². The van der Waals surface area contributed by atoms with Crippen LogP contribution in [0.4, 0.5) is 0 Å². The number of carbonyl (C=O) groups is 1. The molecule has 2 N–H and O–H groups in total. The maximum atomic E-state index is 10.5. The molecule has 0 radical (unpaired) electrons. The van der Waals surface area contributed by atoms with E-state index in [1.807, 2.05) is 0 Å². The number of aromatic hydroxyl groups is 1. The number of hydrogen-bond donors (Lipinski definition) is 2. The summed E-state index contributed by atoms with van der Waals surface area (Å²) in [5, 5.41) is 17.6. The Labute approximate surface area is 79.6 Å². The summed E-state index contributed by atoms with van der Waals surface area (Å²) in [6, 6.07) is 3.06. The molecule has 1 aromatic rings. The molecule has 70 valence electrons. The Balaban J connectivity index is 2.74. The Bertz CT molecular complexity index is 316. The first-order chi connectivity index (χ1) is 6.11. The number of aromatic nitrogens is 1. The zero-order valence-corrected chi connectivity index (χ0v) is 7.78. The minimum Gasteiger partial charge on any atom is -0.505 e. The summed E-state index contributed by atoms with van der Waals surface area (Å²) in [7, 11) is 0. The van der Waals surface area contributed by atoms with E-state index >= 15 is 0 Å². The molecule has 1 atom stereocenters. The monoisotopic (exact) mass is 199 g/mol. The standard InChI is InChI=1S/C8H9NO3S/c1-5(8(11)12)13-7-6(10)3-2-4-9-7/h2-5,10H,1H3,(H,11,12). The Morgan fingerprint density at radius 1 is 1.69 bits per heavy atom. The number of rotatable bonds is 3. The zero-order chi connectivity index (χ0) is 9.84. The lowest BCUT2D eigenvalue weighted by molar-refractivity contribution is -0.136. The van der Waals surface area contributed by atoms with Crippen molar-refractivity contribution in [3.05, 3.63) is 18.3 Å². The summed E-state index contributed by atoms with van der Waals surface area (Å²) < 4.78 is 0. The highest BCUT2D eigenvalue weighted by Gasteiger charge is 2.14. The third-order valence-corrected chi connectivity index (χ3v) is 2.48. The SMILES string of the molecule is CC(Sc1ncccc1O)C(=O)O. The third-order valence-electron chi connectivity index (χ3n) is 1.39. The van der Waals surface area contributed by atoms with Gasteiger partial charge in [-0.25, -0.2) is 4.98 Å². The van der Waals surface area contributed by atoms with Crippen molar-refractivity contribution in [3.63, 3.8) is 0 Å². The van der Waals surface area contributed by atoms with Gasteiger partial charge in [-0.1, -0.05) is 11.8 Å². The molecule has 13 heavy (non-hydrogen) atoms. The minimum absolute atomic E-state index is 0.0144. The van der Waals surface area contributed by atoms with E-state index in [9.17, 15) is 9.90 Å². The van der Waals surface area contributed by atoms with Gasteiger partial charge in [0.05, 0.1) is 0 Å². The largest absolute Gasteiger partial charge is 0.505 e. The van der Waals surface area contributed by atoms with E-state index in [1.165, 1.54) is 12.3 Å². The summed E-state index contributed by atoms with van der Waals surface area (Å²) in [5.41, 5.74) is 0. The van der Waals surface area contributed by atoms with Gasteiger partial charge in [0.2, 0.25) is 0 Å². The maximum Gasteiger partial charge on any atom is 0.316 e. The van der Waals surface area contributed by atoms with E-state index < -0.39 is 11.2 Å². The van der Waals surface area contributed by atoms with Crippen LogP contribution in [0.5, 0.6) is 5.75 Å². The second-order valence-electron chi connectivity index (χ2n) is 2.43. The van der Waals surface area contributed by atoms with Crippen molar-refractivity contribution in [1.29, 1.82) is 0 Å². The third kappa shape index (κ3) is 2.62. The summed E-state index contributed by atoms with van der Waals surface area (Å²) in [6.07, 6.45) is 1.51. The van der Waals surface area contributed by atoms with E-state index in [0.29, 0.717) is 5.03 Å². The minimum atomic E-state index is -0.921. The maximum absolute atomic E-state index is 10.5. The average Bonchev–Trinajstić information content (AvgIpc) is 2.08. The molecule has 0 fully saturated rings. The first-order valence-corrected chi connectivity index (χ1v) is 4.52. The zero-order valence-electron chi connectivity index (χ0n) is 6.97. The first-order valence-electron chi connectivity index (χ1n) is 3.64. The fourth-order valence-corrected chi connectivity index (χ4v) is 1.44. The molecular formula is C8H9NO3S. The van der Waals surface area contributed by atoms with Crippen LogP contribution in [0.25, 0.3) is 0 Å². The van der Waals surface area contributed by atoms with Crippen LogP contribution in [-0.2, 0) is 4.79 Å². The van der Waals surface area contributed by atoms with Gasteiger partial charge in [-0.15, -0.1) is 0 Å². The predicted molar refractivity (Wildman–Crippen MR) is 48.9 cm³/mol. The molecule has 1 unspecified atom stereocenters. The molecule has 0 amide bonds. The number of pyridine rings is 1. The second kappa shape index (κ2) is 4.13. The molecule has 0 aliphatic rings. The molecule has 4 nitrogen and oxygen atoms in total. The van der Waals surface area contributed by atoms with E-state index in [1.54, 1.807) is 13.0 Å². The Morgan fingerprint density at radius 3 is 2.92 bits per heavy atom. The Hall–Kier alpha value is -1.23. The molecule has 1 heterocycles. The van der Waals surface area contributed by atoms with Gasteiger partial charge in [-0.05, 0) is 19.1 Å². The molecule has 0 aliphatic heterocycles. The fraction of sp³-hybridized carbons (Fsp3) is 0.250. The average molecular weight is 199 g/mol. The number of carboxylic acids is 1. The second-order valence-corrected chi connectivity index (χ2v) is 3.76. The van der Waals surface area contributed by atoms with E-state index in [2.05, 4.69) is 4.98 Å². The van der Waals surface area contributed by atoms with Crippen LogP contribution in [0.15, 0.2) is 23.4 Å². The predicted octanol–water partition coefficient (Wildman–Crippen LogP) is 1.35. The number of nitrogens with zero attached hydrogens (tertiary/aromatic N) is 1. The van der Waals surface area contributed by atoms with Gasteiger partial charge < -0.3 is 10.2 Å². The van der Waals surface area contributed by atoms with Gasteiger partial charge in [0, 0.05) is 6.20 Å². The van der Waals surface area contributed by atoms with E-state index in [0.717, 1.165) is 11.8 Å². The van der Waals surface area contributed by atoms with Crippen molar-refractivity contribution in [2.24, 2.45) is 0 Å². The van der Waals surface area contributed by atoms with Crippen LogP contribution < -0.4 is 0 Å². The van der Waals surface area contributed by atoms with Crippen LogP contribution in [0.2, 0.25) is 0 Å². The summed E-state index contributed by atoms with van der Waals surface area (Å²) >= 11 is 1.02. The van der Waals surface area contributed by atoms with Gasteiger partial charge >= 0.3 is 5.97 Å². The van der Waals surface area contributed by atoms with Crippen LogP contribution in [-0.4, -0.2) is 26.4 Å². The molecular weight excluding hydrogens is 190 g/mol. The molecule has 0 aliphatic carbocycles. The quantitative estimate of drug-likeness (QED) is 0.719. The summed E-state index contributed by atoms with van der Waals surface area (Å²) in [4.78, 5) is 14.3.